The van der Waals surface area contributed by atoms with Crippen LogP contribution in [0.4, 0.5) is 10.2 Å². The van der Waals surface area contributed by atoms with E-state index in [1.165, 1.54) is 12.1 Å². The molecule has 0 radical (unpaired) electrons. The second-order valence-electron chi connectivity index (χ2n) is 5.29. The standard InChI is InChI=1S/C18H16FN3OS/c19-13-4-1-3-12(9-13)10-14-6-7-15(24-14)11-22-18(23)16-5-2-8-21-17(16)20/h1-9H,10-11H2,(H2,20,21)(H,22,23). The molecule has 0 unspecified atom stereocenters. The Morgan fingerprint density at radius 3 is 2.79 bits per heavy atom. The van der Waals surface area contributed by atoms with E-state index in [1.807, 2.05) is 18.2 Å². The van der Waals surface area contributed by atoms with Crippen LogP contribution in [0.5, 0.6) is 0 Å². The lowest BCUT2D eigenvalue weighted by molar-refractivity contribution is 0.0952. The van der Waals surface area contributed by atoms with Crippen LogP contribution in [0.15, 0.2) is 54.7 Å². The Bertz CT molecular complexity index is 863. The van der Waals surface area contributed by atoms with E-state index in [2.05, 4.69) is 10.3 Å². The number of aromatic nitrogens is 1. The number of carbonyl (C=O) groups excluding carboxylic acids is 1. The predicted molar refractivity (Wildman–Crippen MR) is 93.3 cm³/mol. The lowest BCUT2D eigenvalue weighted by atomic mass is 10.1. The Labute approximate surface area is 143 Å². The molecule has 3 N–H and O–H groups in total. The highest BCUT2D eigenvalue weighted by Crippen LogP contribution is 2.20. The molecule has 0 saturated carbocycles. The number of nitrogens with one attached hydrogen (secondary N) is 1. The van der Waals surface area contributed by atoms with Crippen molar-refractivity contribution in [1.82, 2.24) is 10.3 Å². The van der Waals surface area contributed by atoms with Crippen LogP contribution in [0.2, 0.25) is 0 Å². The van der Waals surface area contributed by atoms with E-state index in [-0.39, 0.29) is 17.5 Å². The van der Waals surface area contributed by atoms with Crippen LogP contribution in [-0.4, -0.2) is 10.9 Å². The maximum absolute atomic E-state index is 13.2. The number of nitrogen functional groups attached to an aromatic ring is 1. The van der Waals surface area contributed by atoms with Crippen molar-refractivity contribution in [3.8, 4) is 0 Å². The van der Waals surface area contributed by atoms with Crippen LogP contribution >= 0.6 is 11.3 Å². The van der Waals surface area contributed by atoms with Gasteiger partial charge in [0, 0.05) is 22.4 Å². The predicted octanol–water partition coefficient (Wildman–Crippen LogP) is 3.39. The molecule has 2 aromatic heterocycles. The van der Waals surface area contributed by atoms with Crippen LogP contribution < -0.4 is 11.1 Å². The van der Waals surface area contributed by atoms with Crippen LogP contribution in [0.1, 0.15) is 25.7 Å². The highest BCUT2D eigenvalue weighted by Gasteiger charge is 2.10. The summed E-state index contributed by atoms with van der Waals surface area (Å²) in [5.41, 5.74) is 6.99. The first kappa shape index (κ1) is 16.1. The van der Waals surface area contributed by atoms with Gasteiger partial charge in [-0.25, -0.2) is 9.37 Å². The van der Waals surface area contributed by atoms with Crippen molar-refractivity contribution in [3.63, 3.8) is 0 Å². The molecule has 3 rings (SSSR count). The first-order valence-corrected chi connectivity index (χ1v) is 8.24. The zero-order valence-corrected chi connectivity index (χ0v) is 13.6. The molecular weight excluding hydrogens is 325 g/mol. The van der Waals surface area contributed by atoms with Crippen LogP contribution in [0.3, 0.4) is 0 Å². The fourth-order valence-corrected chi connectivity index (χ4v) is 3.32. The molecule has 0 spiro atoms. The molecule has 24 heavy (non-hydrogen) atoms. The van der Waals surface area contributed by atoms with Gasteiger partial charge in [-0.2, -0.15) is 0 Å². The van der Waals surface area contributed by atoms with Crippen molar-refractivity contribution in [1.29, 1.82) is 0 Å². The van der Waals surface area contributed by atoms with Gasteiger partial charge in [-0.3, -0.25) is 4.79 Å². The number of rotatable bonds is 5. The van der Waals surface area contributed by atoms with E-state index < -0.39 is 0 Å². The third-order valence-electron chi connectivity index (χ3n) is 3.49. The minimum Gasteiger partial charge on any atom is -0.383 e. The summed E-state index contributed by atoms with van der Waals surface area (Å²) in [6.07, 6.45) is 2.22. The van der Waals surface area contributed by atoms with Gasteiger partial charge in [0.1, 0.15) is 11.6 Å². The van der Waals surface area contributed by atoms with Gasteiger partial charge >= 0.3 is 0 Å². The molecule has 0 saturated heterocycles. The van der Waals surface area contributed by atoms with Gasteiger partial charge in [0.05, 0.1) is 12.1 Å². The van der Waals surface area contributed by atoms with Crippen molar-refractivity contribution in [2.45, 2.75) is 13.0 Å². The third kappa shape index (κ3) is 3.97. The van der Waals surface area contributed by atoms with Crippen LogP contribution in [0.25, 0.3) is 0 Å². The number of halogens is 1. The van der Waals surface area contributed by atoms with Gasteiger partial charge in [0.25, 0.3) is 5.91 Å². The van der Waals surface area contributed by atoms with Crippen molar-refractivity contribution < 1.29 is 9.18 Å². The molecule has 2 heterocycles. The SMILES string of the molecule is Nc1ncccc1C(=O)NCc1ccc(Cc2cccc(F)c2)s1. The monoisotopic (exact) mass is 341 g/mol. The molecule has 1 amide bonds. The second kappa shape index (κ2) is 7.23. The van der Waals surface area contributed by atoms with Gasteiger partial charge in [-0.15, -0.1) is 11.3 Å². The number of anilines is 1. The first-order chi connectivity index (χ1) is 11.6. The number of hydrogen-bond acceptors (Lipinski definition) is 4. The summed E-state index contributed by atoms with van der Waals surface area (Å²) < 4.78 is 13.2. The Kier molecular flexibility index (Phi) is 4.86. The number of nitrogens with two attached hydrogens (primary N) is 1. The maximum atomic E-state index is 13.2. The Morgan fingerprint density at radius 2 is 2.00 bits per heavy atom. The molecule has 0 bridgehead atoms. The summed E-state index contributed by atoms with van der Waals surface area (Å²) in [7, 11) is 0. The molecule has 1 aromatic carbocycles. The van der Waals surface area contributed by atoms with Gasteiger partial charge in [-0.05, 0) is 42.0 Å². The molecular formula is C18H16FN3OS. The number of pyridine rings is 1. The average molecular weight is 341 g/mol. The van der Waals surface area contributed by atoms with E-state index >= 15 is 0 Å². The topological polar surface area (TPSA) is 68.0 Å². The molecule has 4 nitrogen and oxygen atoms in total. The Hall–Kier alpha value is -2.73. The highest BCUT2D eigenvalue weighted by atomic mass is 32.1. The van der Waals surface area contributed by atoms with E-state index in [9.17, 15) is 9.18 Å². The summed E-state index contributed by atoms with van der Waals surface area (Å²) in [6, 6.07) is 13.8. The largest absolute Gasteiger partial charge is 0.383 e. The lowest BCUT2D eigenvalue weighted by Gasteiger charge is -2.05. The van der Waals surface area contributed by atoms with Crippen molar-refractivity contribution in [2.75, 3.05) is 5.73 Å². The minimum atomic E-state index is -0.249. The summed E-state index contributed by atoms with van der Waals surface area (Å²) in [4.78, 5) is 18.1. The number of nitrogens with zero attached hydrogens (tertiary/aromatic N) is 1. The number of thiophene rings is 1. The van der Waals surface area contributed by atoms with Crippen LogP contribution in [0, 0.1) is 5.82 Å². The van der Waals surface area contributed by atoms with E-state index in [0.717, 1.165) is 15.3 Å². The lowest BCUT2D eigenvalue weighted by Crippen LogP contribution is -2.23. The van der Waals surface area contributed by atoms with E-state index in [4.69, 9.17) is 5.73 Å². The fraction of sp³-hybridized carbons (Fsp3) is 0.111. The zero-order chi connectivity index (χ0) is 16.9. The molecule has 0 aliphatic carbocycles. The summed E-state index contributed by atoms with van der Waals surface area (Å²) in [6.45, 7) is 0.418. The first-order valence-electron chi connectivity index (χ1n) is 7.42. The van der Waals surface area contributed by atoms with Crippen molar-refractivity contribution >= 4 is 23.1 Å². The third-order valence-corrected chi connectivity index (χ3v) is 4.58. The number of carbonyl (C=O) groups is 1. The molecule has 6 heteroatoms. The maximum Gasteiger partial charge on any atom is 0.255 e. The van der Waals surface area contributed by atoms with Crippen molar-refractivity contribution in [3.05, 3.63) is 81.4 Å². The Morgan fingerprint density at radius 1 is 1.17 bits per heavy atom. The summed E-state index contributed by atoms with van der Waals surface area (Å²) in [5.74, 6) is -0.265. The van der Waals surface area contributed by atoms with Gasteiger partial charge in [0.2, 0.25) is 0 Å². The highest BCUT2D eigenvalue weighted by molar-refractivity contribution is 7.12. The molecule has 0 aliphatic heterocycles. The van der Waals surface area contributed by atoms with Crippen LogP contribution in [-0.2, 0) is 13.0 Å². The Balaban J connectivity index is 1.60. The second-order valence-corrected chi connectivity index (χ2v) is 6.55. The molecule has 0 atom stereocenters. The quantitative estimate of drug-likeness (QED) is 0.747. The van der Waals surface area contributed by atoms with Gasteiger partial charge in [0.15, 0.2) is 0 Å². The zero-order valence-electron chi connectivity index (χ0n) is 12.8. The molecule has 0 fully saturated rings. The van der Waals surface area contributed by atoms with E-state index in [1.54, 1.807) is 35.7 Å². The molecule has 3 aromatic rings. The molecule has 122 valence electrons. The number of hydrogen-bond donors (Lipinski definition) is 2. The fourth-order valence-electron chi connectivity index (χ4n) is 2.33. The van der Waals surface area contributed by atoms with Gasteiger partial charge < -0.3 is 11.1 Å². The number of benzene rings is 1. The number of amides is 1. The smallest absolute Gasteiger partial charge is 0.255 e. The minimum absolute atomic E-state index is 0.216. The van der Waals surface area contributed by atoms with Gasteiger partial charge in [-0.1, -0.05) is 12.1 Å². The molecule has 0 aliphatic rings. The average Bonchev–Trinajstić information content (AvgIpc) is 3.00. The van der Waals surface area contributed by atoms with Crippen molar-refractivity contribution in [2.24, 2.45) is 0 Å². The summed E-state index contributed by atoms with van der Waals surface area (Å²) >= 11 is 1.59. The summed E-state index contributed by atoms with van der Waals surface area (Å²) in [5, 5.41) is 2.83. The van der Waals surface area contributed by atoms with E-state index in [0.29, 0.717) is 18.5 Å². The normalized spacial score (nSPS) is 10.5.